The summed E-state index contributed by atoms with van der Waals surface area (Å²) in [5, 5.41) is 19.5. The fraction of sp³-hybridized carbons (Fsp3) is 0.344. The molecule has 2 heterocycles. The van der Waals surface area contributed by atoms with Crippen LogP contribution in [0.1, 0.15) is 75.3 Å². The molecule has 236 valence electrons. The molecule has 0 fully saturated rings. The van der Waals surface area contributed by atoms with Crippen molar-refractivity contribution in [3.05, 3.63) is 91.5 Å². The molecule has 3 N–H and O–H groups in total. The maximum absolute atomic E-state index is 13.4. The first-order valence-electron chi connectivity index (χ1n) is 14.7. The van der Waals surface area contributed by atoms with Crippen LogP contribution in [0.15, 0.2) is 53.7 Å². The number of nitrogens with one attached hydrogen (secondary N) is 3. The highest BCUT2D eigenvalue weighted by Gasteiger charge is 2.28. The number of anilines is 1. The second-order valence-electron chi connectivity index (χ2n) is 11.1. The van der Waals surface area contributed by atoms with Gasteiger partial charge in [0.15, 0.2) is 11.0 Å². The zero-order valence-corrected chi connectivity index (χ0v) is 28.3. The Hall–Kier alpha value is -3.38. The highest BCUT2D eigenvalue weighted by atomic mass is 35.5. The smallest absolute Gasteiger partial charge is 0.254 e. The van der Waals surface area contributed by atoms with Gasteiger partial charge in [0.05, 0.1) is 27.4 Å². The van der Waals surface area contributed by atoms with E-state index in [1.807, 2.05) is 44.2 Å². The van der Waals surface area contributed by atoms with Crippen LogP contribution in [0.5, 0.6) is 0 Å². The number of aryl methyl sites for hydroxylation is 1. The quantitative estimate of drug-likeness (QED) is 0.149. The number of rotatable bonds is 11. The third kappa shape index (κ3) is 7.89. The molecule has 2 aromatic carbocycles. The lowest BCUT2D eigenvalue weighted by atomic mass is 9.95. The average Bonchev–Trinajstić information content (AvgIpc) is 3.58. The van der Waals surface area contributed by atoms with Crippen molar-refractivity contribution in [2.24, 2.45) is 13.0 Å². The summed E-state index contributed by atoms with van der Waals surface area (Å²) in [5.74, 6) is -0.107. The van der Waals surface area contributed by atoms with Crippen LogP contribution in [-0.2, 0) is 31.2 Å². The molecule has 4 aromatic rings. The molecule has 3 amide bonds. The van der Waals surface area contributed by atoms with E-state index in [0.29, 0.717) is 43.7 Å². The van der Waals surface area contributed by atoms with Crippen LogP contribution in [0.3, 0.4) is 0 Å². The van der Waals surface area contributed by atoms with Crippen LogP contribution < -0.4 is 16.0 Å². The topological polar surface area (TPSA) is 118 Å². The van der Waals surface area contributed by atoms with Gasteiger partial charge in [-0.3, -0.25) is 14.4 Å². The summed E-state index contributed by atoms with van der Waals surface area (Å²) in [7, 11) is 1.80. The van der Waals surface area contributed by atoms with E-state index in [1.54, 1.807) is 23.7 Å². The van der Waals surface area contributed by atoms with E-state index in [-0.39, 0.29) is 29.4 Å². The fourth-order valence-electron chi connectivity index (χ4n) is 5.17. The molecule has 13 heteroatoms. The van der Waals surface area contributed by atoms with Crippen LogP contribution in [-0.4, -0.2) is 38.2 Å². The van der Waals surface area contributed by atoms with E-state index in [1.165, 1.54) is 29.2 Å². The van der Waals surface area contributed by atoms with E-state index < -0.39 is 6.04 Å². The normalized spacial score (nSPS) is 13.3. The van der Waals surface area contributed by atoms with E-state index in [4.69, 9.17) is 23.2 Å². The summed E-state index contributed by atoms with van der Waals surface area (Å²) < 4.78 is 1.78. The molecule has 0 saturated heterocycles. The molecule has 1 aliphatic rings. The van der Waals surface area contributed by atoms with Crippen LogP contribution in [0.2, 0.25) is 10.0 Å². The summed E-state index contributed by atoms with van der Waals surface area (Å²) in [5.41, 5.74) is 3.00. The molecule has 1 aliphatic carbocycles. The van der Waals surface area contributed by atoms with Gasteiger partial charge in [-0.15, -0.1) is 21.5 Å². The summed E-state index contributed by atoms with van der Waals surface area (Å²) in [4.78, 5) is 40.7. The fourth-order valence-corrected chi connectivity index (χ4v) is 7.49. The highest BCUT2D eigenvalue weighted by molar-refractivity contribution is 7.99. The number of hydrogen-bond donors (Lipinski definition) is 3. The lowest BCUT2D eigenvalue weighted by Crippen LogP contribution is -2.33. The Morgan fingerprint density at radius 3 is 2.49 bits per heavy atom. The zero-order valence-electron chi connectivity index (χ0n) is 25.2. The van der Waals surface area contributed by atoms with Gasteiger partial charge in [0, 0.05) is 24.0 Å². The van der Waals surface area contributed by atoms with Crippen molar-refractivity contribution in [3.8, 4) is 0 Å². The summed E-state index contributed by atoms with van der Waals surface area (Å²) >= 11 is 14.8. The average molecular weight is 686 g/mol. The van der Waals surface area contributed by atoms with Crippen molar-refractivity contribution in [1.29, 1.82) is 0 Å². The number of carbonyl (C=O) groups is 3. The van der Waals surface area contributed by atoms with E-state index in [9.17, 15) is 14.4 Å². The number of fused-ring (bicyclic) bond motifs is 1. The molecule has 5 rings (SSSR count). The minimum absolute atomic E-state index is 0.00269. The van der Waals surface area contributed by atoms with Gasteiger partial charge < -0.3 is 20.5 Å². The number of benzene rings is 2. The lowest BCUT2D eigenvalue weighted by molar-refractivity contribution is -0.113. The molecule has 0 spiro atoms. The van der Waals surface area contributed by atoms with Crippen molar-refractivity contribution in [2.75, 3.05) is 11.1 Å². The number of halogens is 2. The molecule has 0 bridgehead atoms. The maximum Gasteiger partial charge on any atom is 0.254 e. The van der Waals surface area contributed by atoms with E-state index in [0.717, 1.165) is 41.7 Å². The molecular weight excluding hydrogens is 651 g/mol. The van der Waals surface area contributed by atoms with Gasteiger partial charge in [0.1, 0.15) is 5.00 Å². The molecular formula is C32H34Cl2N6O3S2. The first kappa shape index (κ1) is 33.0. The lowest BCUT2D eigenvalue weighted by Gasteiger charge is -2.22. The van der Waals surface area contributed by atoms with Gasteiger partial charge in [-0.1, -0.05) is 79.1 Å². The Bertz CT molecular complexity index is 1710. The van der Waals surface area contributed by atoms with Gasteiger partial charge >= 0.3 is 0 Å². The second-order valence-corrected chi connectivity index (χ2v) is 14.0. The predicted molar refractivity (Wildman–Crippen MR) is 180 cm³/mol. The number of nitrogens with zero attached hydrogens (tertiary/aromatic N) is 3. The first-order chi connectivity index (χ1) is 21.6. The van der Waals surface area contributed by atoms with Crippen molar-refractivity contribution in [1.82, 2.24) is 25.4 Å². The Balaban J connectivity index is 1.25. The van der Waals surface area contributed by atoms with Crippen LogP contribution in [0, 0.1) is 5.92 Å². The van der Waals surface area contributed by atoms with Gasteiger partial charge in [0.25, 0.3) is 11.8 Å². The highest BCUT2D eigenvalue weighted by Crippen LogP contribution is 2.38. The van der Waals surface area contributed by atoms with Gasteiger partial charge in [0.2, 0.25) is 5.91 Å². The third-order valence-electron chi connectivity index (χ3n) is 7.56. The standard InChI is InChI=1S/C32H34Cl2N6O3S2/c1-18(2)27(37-29(42)20-13-14-22(33)23(34)15-20)28-38-39-32(40(28)3)44-17-25(41)36-31-26(21-11-7-8-12-24(21)45-31)30(43)35-16-19-9-5-4-6-10-19/h4-6,9-10,13-15,18,27H,7-8,11-12,16-17H2,1-3H3,(H,35,43)(H,36,41)(H,37,42)/t27-/m1/s1. The predicted octanol–water partition coefficient (Wildman–Crippen LogP) is 6.85. The molecule has 9 nitrogen and oxygen atoms in total. The van der Waals surface area contributed by atoms with Crippen molar-refractivity contribution < 1.29 is 14.4 Å². The SMILES string of the molecule is CC(C)[C@@H](NC(=O)c1ccc(Cl)c(Cl)c1)c1nnc(SCC(=O)Nc2sc3c(c2C(=O)NCc2ccccc2)CCCC3)n1C. The van der Waals surface area contributed by atoms with E-state index in [2.05, 4.69) is 26.1 Å². The van der Waals surface area contributed by atoms with E-state index >= 15 is 0 Å². The maximum atomic E-state index is 13.4. The molecule has 45 heavy (non-hydrogen) atoms. The van der Waals surface area contributed by atoms with Gasteiger partial charge in [-0.25, -0.2) is 0 Å². The third-order valence-corrected chi connectivity index (χ3v) is 10.5. The van der Waals surface area contributed by atoms with Crippen LogP contribution in [0.4, 0.5) is 5.00 Å². The van der Waals surface area contributed by atoms with Gasteiger partial charge in [-0.05, 0) is 60.9 Å². The summed E-state index contributed by atoms with van der Waals surface area (Å²) in [6.45, 7) is 4.36. The van der Waals surface area contributed by atoms with Crippen LogP contribution in [0.25, 0.3) is 0 Å². The Kier molecular flexibility index (Phi) is 10.9. The number of carbonyl (C=O) groups excluding carboxylic acids is 3. The zero-order chi connectivity index (χ0) is 32.1. The number of amides is 3. The molecule has 0 unspecified atom stereocenters. The monoisotopic (exact) mass is 684 g/mol. The summed E-state index contributed by atoms with van der Waals surface area (Å²) in [6, 6.07) is 14.0. The minimum atomic E-state index is -0.443. The number of aromatic nitrogens is 3. The van der Waals surface area contributed by atoms with Crippen LogP contribution >= 0.6 is 46.3 Å². The Morgan fingerprint density at radius 1 is 1.00 bits per heavy atom. The minimum Gasteiger partial charge on any atom is -0.348 e. The molecule has 1 atom stereocenters. The Labute approximate surface area is 280 Å². The van der Waals surface area contributed by atoms with Crippen molar-refractivity contribution >= 4 is 69.0 Å². The molecule has 0 radical (unpaired) electrons. The molecule has 0 aliphatic heterocycles. The van der Waals surface area contributed by atoms with Crippen molar-refractivity contribution in [2.45, 2.75) is 57.3 Å². The molecule has 0 saturated carbocycles. The number of thiophene rings is 1. The van der Waals surface area contributed by atoms with Crippen molar-refractivity contribution in [3.63, 3.8) is 0 Å². The number of hydrogen-bond acceptors (Lipinski definition) is 7. The van der Waals surface area contributed by atoms with Gasteiger partial charge in [-0.2, -0.15) is 0 Å². The summed E-state index contributed by atoms with van der Waals surface area (Å²) in [6.07, 6.45) is 3.82. The molecule has 2 aromatic heterocycles. The Morgan fingerprint density at radius 2 is 1.76 bits per heavy atom. The second kappa shape index (κ2) is 14.8. The first-order valence-corrected chi connectivity index (χ1v) is 17.2. The largest absolute Gasteiger partial charge is 0.348 e. The number of thioether (sulfide) groups is 1.